The number of halogens is 1. The fourth-order valence-electron chi connectivity index (χ4n) is 6.47. The van der Waals surface area contributed by atoms with Gasteiger partial charge in [0.1, 0.15) is 0 Å². The molecule has 168 valence electrons. The molecule has 0 saturated heterocycles. The maximum absolute atomic E-state index is 13.2. The Labute approximate surface area is 191 Å². The summed E-state index contributed by atoms with van der Waals surface area (Å²) in [5.41, 5.74) is 5.35. The van der Waals surface area contributed by atoms with E-state index >= 15 is 0 Å². The Bertz CT molecular complexity index is 1010. The van der Waals surface area contributed by atoms with E-state index < -0.39 is 15.4 Å². The molecule has 2 amide bonds. The summed E-state index contributed by atoms with van der Waals surface area (Å²) in [5, 5.41) is 3.16. The molecule has 5 aliphatic rings. The second-order valence-corrected chi connectivity index (χ2v) is 12.8. The van der Waals surface area contributed by atoms with Crippen molar-refractivity contribution in [3.8, 4) is 0 Å². The lowest BCUT2D eigenvalue weighted by atomic mass is 9.47. The second kappa shape index (κ2) is 7.56. The smallest absolute Gasteiger partial charge is 0.243 e. The predicted molar refractivity (Wildman–Crippen MR) is 118 cm³/mol. The summed E-state index contributed by atoms with van der Waals surface area (Å²) in [4.78, 5) is 25.3. The Hall–Kier alpha value is -1.45. The molecular weight excluding hydrogens is 482 g/mol. The number of sulfonamides is 1. The van der Waals surface area contributed by atoms with E-state index in [4.69, 9.17) is 5.73 Å². The third-order valence-electron chi connectivity index (χ3n) is 7.78. The summed E-state index contributed by atoms with van der Waals surface area (Å²) < 4.78 is 28.5. The lowest BCUT2D eigenvalue weighted by Gasteiger charge is -2.58. The van der Waals surface area contributed by atoms with Gasteiger partial charge in [-0.1, -0.05) is 22.0 Å². The molecule has 4 bridgehead atoms. The highest BCUT2D eigenvalue weighted by Crippen LogP contribution is 2.59. The first-order valence-electron chi connectivity index (χ1n) is 11.0. The fraction of sp³-hybridized carbons (Fsp3) is 0.636. The third kappa shape index (κ3) is 3.82. The number of nitrogens with one attached hydrogen (secondary N) is 1. The van der Waals surface area contributed by atoms with Gasteiger partial charge in [0, 0.05) is 22.0 Å². The molecule has 0 radical (unpaired) electrons. The average Bonchev–Trinajstić information content (AvgIpc) is 3.53. The quantitative estimate of drug-likeness (QED) is 0.587. The van der Waals surface area contributed by atoms with E-state index in [9.17, 15) is 18.0 Å². The molecule has 3 N–H and O–H groups in total. The fourth-order valence-corrected chi connectivity index (χ4v) is 8.71. The van der Waals surface area contributed by atoms with Crippen LogP contribution in [0.25, 0.3) is 0 Å². The number of nitrogens with two attached hydrogens (primary N) is 1. The third-order valence-corrected chi connectivity index (χ3v) is 10.2. The van der Waals surface area contributed by atoms with Gasteiger partial charge in [-0.05, 0) is 80.9 Å². The highest BCUT2D eigenvalue weighted by atomic mass is 79.9. The van der Waals surface area contributed by atoms with Gasteiger partial charge in [0.15, 0.2) is 0 Å². The van der Waals surface area contributed by atoms with Crippen LogP contribution in [0.5, 0.6) is 0 Å². The maximum Gasteiger partial charge on any atom is 0.243 e. The standard InChI is InChI=1S/C22H28BrN3O4S/c23-16-2-1-3-18(8-16)31(29,30)26(17-4-5-17)12-19(27)25-20-14-6-13-7-15(20)11-22(9-13,10-14)21(24)28/h1-3,8,13-15,17,20H,4-7,9-12H2,(H2,24,28)(H,25,27). The highest BCUT2D eigenvalue weighted by Gasteiger charge is 2.58. The Kier molecular flexibility index (Phi) is 5.22. The van der Waals surface area contributed by atoms with E-state index in [1.54, 1.807) is 24.3 Å². The average molecular weight is 510 g/mol. The highest BCUT2D eigenvalue weighted by molar-refractivity contribution is 9.10. The minimum atomic E-state index is -3.76. The summed E-state index contributed by atoms with van der Waals surface area (Å²) in [5.74, 6) is 0.559. The van der Waals surface area contributed by atoms with Crippen molar-refractivity contribution >= 4 is 37.8 Å². The zero-order valence-corrected chi connectivity index (χ0v) is 19.7. The molecule has 2 atom stereocenters. The molecule has 5 aliphatic carbocycles. The second-order valence-electron chi connectivity index (χ2n) is 9.95. The van der Waals surface area contributed by atoms with Crippen LogP contribution >= 0.6 is 15.9 Å². The van der Waals surface area contributed by atoms with Crippen LogP contribution in [0, 0.1) is 23.2 Å². The van der Waals surface area contributed by atoms with Crippen molar-refractivity contribution in [1.82, 2.24) is 9.62 Å². The van der Waals surface area contributed by atoms with Crippen LogP contribution in [-0.4, -0.2) is 43.2 Å². The monoisotopic (exact) mass is 509 g/mol. The first kappa shape index (κ1) is 21.4. The molecule has 7 nitrogen and oxygen atoms in total. The van der Waals surface area contributed by atoms with Crippen LogP contribution < -0.4 is 11.1 Å². The van der Waals surface area contributed by atoms with Crippen molar-refractivity contribution in [2.24, 2.45) is 28.9 Å². The molecule has 0 aliphatic heterocycles. The number of hydrogen-bond acceptors (Lipinski definition) is 4. The van der Waals surface area contributed by atoms with Gasteiger partial charge in [0.25, 0.3) is 0 Å². The summed E-state index contributed by atoms with van der Waals surface area (Å²) >= 11 is 3.33. The first-order chi connectivity index (χ1) is 14.7. The largest absolute Gasteiger partial charge is 0.369 e. The van der Waals surface area contributed by atoms with Crippen LogP contribution in [0.4, 0.5) is 0 Å². The van der Waals surface area contributed by atoms with Gasteiger partial charge < -0.3 is 11.1 Å². The molecule has 2 unspecified atom stereocenters. The van der Waals surface area contributed by atoms with E-state index in [0.717, 1.165) is 44.9 Å². The van der Waals surface area contributed by atoms with Crippen molar-refractivity contribution in [2.45, 2.75) is 61.9 Å². The maximum atomic E-state index is 13.2. The van der Waals surface area contributed by atoms with Gasteiger partial charge >= 0.3 is 0 Å². The van der Waals surface area contributed by atoms with Crippen LogP contribution in [0.3, 0.4) is 0 Å². The van der Waals surface area contributed by atoms with Gasteiger partial charge in [0.2, 0.25) is 21.8 Å². The van der Waals surface area contributed by atoms with Gasteiger partial charge in [-0.15, -0.1) is 0 Å². The molecule has 0 spiro atoms. The number of carbonyl (C=O) groups excluding carboxylic acids is 2. The van der Waals surface area contributed by atoms with Gasteiger partial charge in [-0.3, -0.25) is 9.59 Å². The van der Waals surface area contributed by atoms with Crippen molar-refractivity contribution in [3.63, 3.8) is 0 Å². The molecule has 9 heteroatoms. The van der Waals surface area contributed by atoms with Crippen LogP contribution in [0.15, 0.2) is 33.6 Å². The Morgan fingerprint density at radius 3 is 2.42 bits per heavy atom. The van der Waals surface area contributed by atoms with Crippen LogP contribution in [-0.2, 0) is 19.6 Å². The topological polar surface area (TPSA) is 110 Å². The number of nitrogens with zero attached hydrogens (tertiary/aromatic N) is 1. The van der Waals surface area contributed by atoms with Gasteiger partial charge in [-0.2, -0.15) is 4.31 Å². The van der Waals surface area contributed by atoms with Gasteiger partial charge in [-0.25, -0.2) is 8.42 Å². The Morgan fingerprint density at radius 2 is 1.84 bits per heavy atom. The molecule has 1 aromatic rings. The normalized spacial score (nSPS) is 34.1. The number of rotatable bonds is 7. The summed E-state index contributed by atoms with van der Waals surface area (Å²) in [6, 6.07) is 6.49. The van der Waals surface area contributed by atoms with Crippen molar-refractivity contribution < 1.29 is 18.0 Å². The number of hydrogen-bond donors (Lipinski definition) is 2. The number of primary amides is 1. The molecule has 5 fully saturated rings. The lowest BCUT2D eigenvalue weighted by Crippen LogP contribution is -2.62. The molecule has 31 heavy (non-hydrogen) atoms. The Balaban J connectivity index is 1.30. The Morgan fingerprint density at radius 1 is 1.16 bits per heavy atom. The van der Waals surface area contributed by atoms with E-state index in [-0.39, 0.29) is 47.2 Å². The summed E-state index contributed by atoms with van der Waals surface area (Å²) in [7, 11) is -3.76. The molecule has 0 aromatic heterocycles. The first-order valence-corrected chi connectivity index (χ1v) is 13.3. The number of amides is 2. The van der Waals surface area contributed by atoms with Crippen molar-refractivity contribution in [2.75, 3.05) is 6.54 Å². The van der Waals surface area contributed by atoms with E-state index in [2.05, 4.69) is 21.2 Å². The minimum absolute atomic E-state index is 0.00570. The number of carbonyl (C=O) groups is 2. The molecular formula is C22H28BrN3O4S. The SMILES string of the molecule is NC(=O)C12CC3CC(C1)C(NC(=O)CN(C1CC1)S(=O)(=O)c1cccc(Br)c1)C(C3)C2. The minimum Gasteiger partial charge on any atom is -0.369 e. The molecule has 5 saturated carbocycles. The lowest BCUT2D eigenvalue weighted by molar-refractivity contribution is -0.147. The molecule has 6 rings (SSSR count). The summed E-state index contributed by atoms with van der Waals surface area (Å²) in [6.45, 7) is -0.167. The van der Waals surface area contributed by atoms with Crippen molar-refractivity contribution in [3.05, 3.63) is 28.7 Å². The van der Waals surface area contributed by atoms with E-state index in [0.29, 0.717) is 10.4 Å². The van der Waals surface area contributed by atoms with Crippen LogP contribution in [0.2, 0.25) is 0 Å². The predicted octanol–water partition coefficient (Wildman–Crippen LogP) is 2.40. The van der Waals surface area contributed by atoms with E-state index in [1.807, 2.05) is 0 Å². The zero-order valence-electron chi connectivity index (χ0n) is 17.3. The zero-order chi connectivity index (χ0) is 22.0. The van der Waals surface area contributed by atoms with E-state index in [1.165, 1.54) is 4.31 Å². The van der Waals surface area contributed by atoms with Crippen LogP contribution in [0.1, 0.15) is 44.9 Å². The molecule has 1 aromatic carbocycles. The number of benzene rings is 1. The van der Waals surface area contributed by atoms with Gasteiger partial charge in [0.05, 0.1) is 11.4 Å². The molecule has 0 heterocycles. The van der Waals surface area contributed by atoms with Crippen molar-refractivity contribution in [1.29, 1.82) is 0 Å². The summed E-state index contributed by atoms with van der Waals surface area (Å²) in [6.07, 6.45) is 5.94.